The lowest BCUT2D eigenvalue weighted by molar-refractivity contribution is -0.112. The van der Waals surface area contributed by atoms with E-state index in [1.54, 1.807) is 7.11 Å². The van der Waals surface area contributed by atoms with Gasteiger partial charge < -0.3 is 9.29 Å². The maximum absolute atomic E-state index is 12.3. The molecule has 0 heterocycles. The Bertz CT molecular complexity index is 929. The largest absolute Gasteiger partial charge is 0.769 e. The monoisotopic (exact) mass is 413 g/mol. The van der Waals surface area contributed by atoms with Crippen molar-refractivity contribution >= 4 is 16.9 Å². The van der Waals surface area contributed by atoms with E-state index in [0.717, 1.165) is 59.3 Å². The van der Waals surface area contributed by atoms with E-state index in [-0.39, 0.29) is 11.7 Å². The van der Waals surface area contributed by atoms with Crippen LogP contribution in [0.15, 0.2) is 67.9 Å². The summed E-state index contributed by atoms with van der Waals surface area (Å²) in [5.74, 6) is 1.01. The molecule has 0 aliphatic heterocycles. The zero-order chi connectivity index (χ0) is 21.3. The number of allylic oxidation sites excluding steroid dienone is 11. The van der Waals surface area contributed by atoms with Gasteiger partial charge in [0.25, 0.3) is 0 Å². The molecule has 0 aromatic carbocycles. The van der Waals surface area contributed by atoms with Crippen LogP contribution in [0.3, 0.4) is 0 Å². The summed E-state index contributed by atoms with van der Waals surface area (Å²) in [6.45, 7) is 7.76. The van der Waals surface area contributed by atoms with E-state index >= 15 is 0 Å². The first-order chi connectivity index (χ1) is 13.7. The van der Waals surface area contributed by atoms with Gasteiger partial charge in [-0.15, -0.1) is 0 Å². The van der Waals surface area contributed by atoms with Gasteiger partial charge in [-0.05, 0) is 122 Å². The Morgan fingerprint density at radius 2 is 1.69 bits per heavy atom. The van der Waals surface area contributed by atoms with E-state index in [2.05, 4.69) is 13.0 Å². The van der Waals surface area contributed by atoms with Crippen LogP contribution in [0.2, 0.25) is 0 Å². The SMILES string of the molecule is COC1=C(C)CC(C(=C2C=C(C)C(=O)C(C)=C2)C2=C(S(=O)[O-])CCCC2)C=C1C. The van der Waals surface area contributed by atoms with Crippen molar-refractivity contribution in [2.45, 2.75) is 59.8 Å². The predicted octanol–water partition coefficient (Wildman–Crippen LogP) is 5.35. The highest BCUT2D eigenvalue weighted by molar-refractivity contribution is 7.83. The highest BCUT2D eigenvalue weighted by Crippen LogP contribution is 2.43. The minimum absolute atomic E-state index is 0.0476. The molecule has 3 rings (SSSR count). The lowest BCUT2D eigenvalue weighted by atomic mass is 9.76. The fourth-order valence-electron chi connectivity index (χ4n) is 4.78. The lowest BCUT2D eigenvalue weighted by Crippen LogP contribution is -2.18. The number of rotatable bonds is 4. The number of carbonyl (C=O) groups is 1. The van der Waals surface area contributed by atoms with Crippen LogP contribution in [-0.4, -0.2) is 21.7 Å². The zero-order valence-corrected chi connectivity index (χ0v) is 18.7. The summed E-state index contributed by atoms with van der Waals surface area (Å²) >= 11 is -2.23. The maximum atomic E-state index is 12.3. The Balaban J connectivity index is 2.25. The second-order valence-corrected chi connectivity index (χ2v) is 9.13. The third kappa shape index (κ3) is 4.31. The molecule has 0 saturated heterocycles. The summed E-state index contributed by atoms with van der Waals surface area (Å²) in [6, 6.07) is 0. The summed E-state index contributed by atoms with van der Waals surface area (Å²) in [6.07, 6.45) is 10.0. The van der Waals surface area contributed by atoms with Crippen molar-refractivity contribution in [2.24, 2.45) is 5.92 Å². The second-order valence-electron chi connectivity index (χ2n) is 8.17. The first-order valence-electron chi connectivity index (χ1n) is 10.1. The Kier molecular flexibility index (Phi) is 6.59. The molecule has 0 aromatic heterocycles. The number of methoxy groups -OCH3 is 1. The van der Waals surface area contributed by atoms with Crippen molar-refractivity contribution in [3.05, 3.63) is 67.9 Å². The van der Waals surface area contributed by atoms with Gasteiger partial charge in [-0.2, -0.15) is 0 Å². The molecule has 0 saturated carbocycles. The Hall–Kier alpha value is -1.98. The van der Waals surface area contributed by atoms with Gasteiger partial charge in [-0.3, -0.25) is 9.00 Å². The van der Waals surface area contributed by atoms with E-state index in [4.69, 9.17) is 4.74 Å². The van der Waals surface area contributed by atoms with E-state index in [0.29, 0.717) is 22.5 Å². The van der Waals surface area contributed by atoms with Crippen LogP contribution in [0.1, 0.15) is 59.8 Å². The summed E-state index contributed by atoms with van der Waals surface area (Å²) in [7, 11) is 1.68. The third-order valence-electron chi connectivity index (χ3n) is 6.01. The Morgan fingerprint density at radius 3 is 2.24 bits per heavy atom. The van der Waals surface area contributed by atoms with Crippen molar-refractivity contribution < 1.29 is 18.3 Å². The second kappa shape index (κ2) is 8.80. The average molecular weight is 414 g/mol. The van der Waals surface area contributed by atoms with Crippen molar-refractivity contribution in [3.8, 4) is 0 Å². The molecular formula is C24H29O4S-. The van der Waals surface area contributed by atoms with Crippen LogP contribution in [0.5, 0.6) is 0 Å². The van der Waals surface area contributed by atoms with E-state index in [9.17, 15) is 13.6 Å². The molecule has 0 fully saturated rings. The summed E-state index contributed by atoms with van der Waals surface area (Å²) in [4.78, 5) is 12.8. The topological polar surface area (TPSA) is 66.4 Å². The molecule has 29 heavy (non-hydrogen) atoms. The molecule has 0 spiro atoms. The summed E-state index contributed by atoms with van der Waals surface area (Å²) in [5.41, 5.74) is 6.55. The van der Waals surface area contributed by atoms with Crippen LogP contribution in [0.4, 0.5) is 0 Å². The van der Waals surface area contributed by atoms with Crippen LogP contribution >= 0.6 is 0 Å². The first-order valence-corrected chi connectivity index (χ1v) is 11.2. The van der Waals surface area contributed by atoms with Crippen LogP contribution in [-0.2, 0) is 20.6 Å². The molecule has 0 radical (unpaired) electrons. The molecule has 3 aliphatic rings. The van der Waals surface area contributed by atoms with Gasteiger partial charge in [0, 0.05) is 10.8 Å². The fourth-order valence-corrected chi connectivity index (χ4v) is 5.50. The Labute approximate surface area is 176 Å². The highest BCUT2D eigenvalue weighted by atomic mass is 32.2. The molecule has 0 N–H and O–H groups in total. The molecule has 2 unspecified atom stereocenters. The van der Waals surface area contributed by atoms with E-state index in [1.807, 2.05) is 32.9 Å². The molecular weight excluding hydrogens is 384 g/mol. The normalized spacial score (nSPS) is 24.2. The molecule has 0 amide bonds. The third-order valence-corrected chi connectivity index (χ3v) is 6.87. The molecule has 0 aromatic rings. The molecule has 0 bridgehead atoms. The molecule has 2 atom stereocenters. The van der Waals surface area contributed by atoms with Crippen LogP contribution < -0.4 is 0 Å². The predicted molar refractivity (Wildman–Crippen MR) is 116 cm³/mol. The molecule has 156 valence electrons. The van der Waals surface area contributed by atoms with Gasteiger partial charge in [0.2, 0.25) is 0 Å². The van der Waals surface area contributed by atoms with Crippen molar-refractivity contribution in [1.29, 1.82) is 0 Å². The minimum Gasteiger partial charge on any atom is -0.769 e. The minimum atomic E-state index is -2.23. The number of carbonyl (C=O) groups excluding carboxylic acids is 1. The van der Waals surface area contributed by atoms with E-state index in [1.165, 1.54) is 0 Å². The molecule has 4 nitrogen and oxygen atoms in total. The number of ether oxygens (including phenoxy) is 1. The number of hydrogen-bond acceptors (Lipinski definition) is 4. The van der Waals surface area contributed by atoms with Crippen molar-refractivity contribution in [2.75, 3.05) is 7.11 Å². The summed E-state index contributed by atoms with van der Waals surface area (Å²) < 4.78 is 29.6. The quantitative estimate of drug-likeness (QED) is 0.583. The van der Waals surface area contributed by atoms with Gasteiger partial charge in [-0.25, -0.2) is 0 Å². The zero-order valence-electron chi connectivity index (χ0n) is 17.9. The van der Waals surface area contributed by atoms with Gasteiger partial charge >= 0.3 is 0 Å². The maximum Gasteiger partial charge on any atom is 0.184 e. The Morgan fingerprint density at radius 1 is 1.07 bits per heavy atom. The van der Waals surface area contributed by atoms with Gasteiger partial charge in [0.05, 0.1) is 7.11 Å². The van der Waals surface area contributed by atoms with Crippen LogP contribution in [0, 0.1) is 5.92 Å². The summed E-state index contributed by atoms with van der Waals surface area (Å²) in [5, 5.41) is 0. The molecule has 3 aliphatic carbocycles. The average Bonchev–Trinajstić information content (AvgIpc) is 2.66. The van der Waals surface area contributed by atoms with Crippen LogP contribution in [0.25, 0.3) is 0 Å². The van der Waals surface area contributed by atoms with Gasteiger partial charge in [0.1, 0.15) is 5.76 Å². The molecule has 5 heteroatoms. The van der Waals surface area contributed by atoms with Gasteiger partial charge in [-0.1, -0.05) is 6.08 Å². The lowest BCUT2D eigenvalue weighted by Gasteiger charge is -2.32. The van der Waals surface area contributed by atoms with Crippen molar-refractivity contribution in [3.63, 3.8) is 0 Å². The highest BCUT2D eigenvalue weighted by Gasteiger charge is 2.29. The van der Waals surface area contributed by atoms with Gasteiger partial charge in [0.15, 0.2) is 5.78 Å². The number of ketones is 1. The standard InChI is InChI=1S/C24H30O4S/c1-14-10-18(11-15(2)23(14)25)22(20-8-6-7-9-21(20)29(26)27)19-12-16(3)24(28-5)17(4)13-19/h10-12,19H,6-9,13H2,1-5H3,(H,26,27)/p-1. The first kappa shape index (κ1) is 21.7. The number of Topliss-reactive ketones (excluding diaryl/α,β-unsaturated/α-hetero) is 1. The smallest absolute Gasteiger partial charge is 0.184 e. The van der Waals surface area contributed by atoms with E-state index < -0.39 is 11.1 Å². The van der Waals surface area contributed by atoms with Crippen molar-refractivity contribution in [1.82, 2.24) is 0 Å². The number of hydrogen-bond donors (Lipinski definition) is 0. The fraction of sp³-hybridized carbons (Fsp3) is 0.458.